The van der Waals surface area contributed by atoms with Crippen molar-refractivity contribution in [2.45, 2.75) is 96.4 Å². The Morgan fingerprint density at radius 3 is 2.73 bits per heavy atom. The van der Waals surface area contributed by atoms with Gasteiger partial charge in [0.1, 0.15) is 0 Å². The highest BCUT2D eigenvalue weighted by Gasteiger charge is 2.51. The largest absolute Gasteiger partial charge is 0.463 e. The number of hydrogen-bond donors (Lipinski definition) is 3. The molecule has 3 N–H and O–H groups in total. The molecular formula is C28H42O5. The third-order valence-electron chi connectivity index (χ3n) is 9.27. The summed E-state index contributed by atoms with van der Waals surface area (Å²) < 4.78 is 5.28. The summed E-state index contributed by atoms with van der Waals surface area (Å²) in [6.07, 6.45) is 11.6. The first-order valence-corrected chi connectivity index (χ1v) is 12.9. The minimum Gasteiger partial charge on any atom is -0.463 e. The van der Waals surface area contributed by atoms with Crippen LogP contribution >= 0.6 is 0 Å². The second-order valence-electron chi connectivity index (χ2n) is 11.8. The summed E-state index contributed by atoms with van der Waals surface area (Å²) in [5, 5.41) is 30.6. The van der Waals surface area contributed by atoms with Crippen molar-refractivity contribution in [3.8, 4) is 0 Å². The normalized spacial score (nSPS) is 45.2. The number of ether oxygens (including phenoxy) is 1. The maximum absolute atomic E-state index is 11.8. The molecule has 0 radical (unpaired) electrons. The van der Waals surface area contributed by atoms with E-state index in [9.17, 15) is 20.1 Å². The molecule has 0 aromatic heterocycles. The van der Waals surface area contributed by atoms with Crippen molar-refractivity contribution in [1.82, 2.24) is 0 Å². The van der Waals surface area contributed by atoms with E-state index in [1.807, 2.05) is 0 Å². The van der Waals surface area contributed by atoms with E-state index in [1.165, 1.54) is 31.3 Å². The van der Waals surface area contributed by atoms with Crippen LogP contribution in [0.5, 0.6) is 0 Å². The molecule has 8 atom stereocenters. The first kappa shape index (κ1) is 24.7. The summed E-state index contributed by atoms with van der Waals surface area (Å²) in [6.45, 7) is 10.9. The molecule has 4 rings (SSSR count). The van der Waals surface area contributed by atoms with Gasteiger partial charge in [0.05, 0.1) is 18.8 Å². The Labute approximate surface area is 198 Å². The summed E-state index contributed by atoms with van der Waals surface area (Å²) in [4.78, 5) is 11.8. The fourth-order valence-corrected chi connectivity index (χ4v) is 7.57. The zero-order chi connectivity index (χ0) is 24.0. The highest BCUT2D eigenvalue weighted by atomic mass is 16.6. The number of carbonyl (C=O) groups excluding carboxylic acids is 1. The van der Waals surface area contributed by atoms with Crippen molar-refractivity contribution in [1.29, 1.82) is 0 Å². The van der Waals surface area contributed by atoms with Gasteiger partial charge < -0.3 is 20.1 Å². The lowest BCUT2D eigenvalue weighted by atomic mass is 9.60. The minimum atomic E-state index is -1.36. The van der Waals surface area contributed by atoms with Gasteiger partial charge in [-0.1, -0.05) is 38.2 Å². The highest BCUT2D eigenvalue weighted by molar-refractivity contribution is 5.79. The number of allylic oxidation sites excluding steroid dienone is 3. The van der Waals surface area contributed by atoms with E-state index in [1.54, 1.807) is 6.92 Å². The molecule has 0 aromatic carbocycles. The maximum Gasteiger partial charge on any atom is 0.337 e. The molecule has 0 aromatic rings. The molecule has 0 spiro atoms. The van der Waals surface area contributed by atoms with Gasteiger partial charge in [-0.3, -0.25) is 0 Å². The van der Waals surface area contributed by atoms with Crippen LogP contribution in [0.25, 0.3) is 0 Å². The van der Waals surface area contributed by atoms with Crippen LogP contribution in [0.2, 0.25) is 0 Å². The summed E-state index contributed by atoms with van der Waals surface area (Å²) in [6, 6.07) is 0. The molecule has 1 heterocycles. The Bertz CT molecular complexity index is 839. The van der Waals surface area contributed by atoms with Gasteiger partial charge in [0.2, 0.25) is 0 Å². The van der Waals surface area contributed by atoms with Crippen LogP contribution in [0, 0.1) is 29.1 Å². The summed E-state index contributed by atoms with van der Waals surface area (Å²) >= 11 is 0. The lowest BCUT2D eigenvalue weighted by molar-refractivity contribution is -0.177. The Morgan fingerprint density at radius 1 is 1.24 bits per heavy atom. The Kier molecular flexibility index (Phi) is 6.97. The smallest absolute Gasteiger partial charge is 0.337 e. The van der Waals surface area contributed by atoms with Gasteiger partial charge in [0.15, 0.2) is 5.60 Å². The van der Waals surface area contributed by atoms with Crippen LogP contribution < -0.4 is 0 Å². The molecule has 4 aliphatic rings. The van der Waals surface area contributed by atoms with Crippen molar-refractivity contribution in [2.24, 2.45) is 29.1 Å². The monoisotopic (exact) mass is 458 g/mol. The van der Waals surface area contributed by atoms with E-state index in [2.05, 4.69) is 32.6 Å². The zero-order valence-corrected chi connectivity index (χ0v) is 20.6. The van der Waals surface area contributed by atoms with Crippen LogP contribution in [0.4, 0.5) is 0 Å². The van der Waals surface area contributed by atoms with Gasteiger partial charge in [0, 0.05) is 6.42 Å². The van der Waals surface area contributed by atoms with Crippen LogP contribution in [0.1, 0.15) is 78.6 Å². The van der Waals surface area contributed by atoms with Crippen molar-refractivity contribution in [2.75, 3.05) is 6.61 Å². The molecular weight excluding hydrogens is 416 g/mol. The molecule has 1 aliphatic heterocycles. The third-order valence-corrected chi connectivity index (χ3v) is 9.27. The number of fused-ring (bicyclic) bond motifs is 1. The molecule has 5 nitrogen and oxygen atoms in total. The molecule has 3 aliphatic carbocycles. The molecule has 1 saturated heterocycles. The Hall–Kier alpha value is -1.43. The van der Waals surface area contributed by atoms with Gasteiger partial charge in [-0.15, -0.1) is 0 Å². The maximum atomic E-state index is 11.8. The summed E-state index contributed by atoms with van der Waals surface area (Å²) in [5.74, 6) is 1.42. The predicted octanol–water partition coefficient (Wildman–Crippen LogP) is 4.47. The topological polar surface area (TPSA) is 87.0 Å². The molecule has 1 unspecified atom stereocenters. The van der Waals surface area contributed by atoms with E-state index in [4.69, 9.17) is 4.74 Å². The van der Waals surface area contributed by atoms with Crippen molar-refractivity contribution < 1.29 is 24.9 Å². The number of carbonyl (C=O) groups is 1. The molecule has 3 saturated carbocycles. The van der Waals surface area contributed by atoms with Crippen LogP contribution in [0.3, 0.4) is 0 Å². The Morgan fingerprint density at radius 2 is 2.00 bits per heavy atom. The van der Waals surface area contributed by atoms with Crippen molar-refractivity contribution in [3.05, 3.63) is 35.5 Å². The quantitative estimate of drug-likeness (QED) is 0.541. The van der Waals surface area contributed by atoms with Crippen LogP contribution in [-0.2, 0) is 9.53 Å². The van der Waals surface area contributed by atoms with Gasteiger partial charge in [-0.25, -0.2) is 4.79 Å². The van der Waals surface area contributed by atoms with Crippen LogP contribution in [-0.4, -0.2) is 45.7 Å². The predicted molar refractivity (Wildman–Crippen MR) is 128 cm³/mol. The molecule has 33 heavy (non-hydrogen) atoms. The average Bonchev–Trinajstić information content (AvgIpc) is 3.09. The van der Waals surface area contributed by atoms with E-state index < -0.39 is 23.8 Å². The second kappa shape index (κ2) is 9.31. The first-order chi connectivity index (χ1) is 15.5. The van der Waals surface area contributed by atoms with E-state index >= 15 is 0 Å². The number of esters is 1. The number of aliphatic hydroxyl groups excluding tert-OH is 2. The van der Waals surface area contributed by atoms with Gasteiger partial charge >= 0.3 is 5.97 Å². The van der Waals surface area contributed by atoms with Crippen LogP contribution in [0.15, 0.2) is 35.5 Å². The zero-order valence-electron chi connectivity index (χ0n) is 20.6. The summed E-state index contributed by atoms with van der Waals surface area (Å²) in [5.41, 5.74) is 2.13. The standard InChI is InChI=1S/C28H42O5/c1-17(12-19-15-28(4,32)26(31)33-16-19)23-9-10-24-20(6-5-11-27(23,24)3)7-8-21-13-22(29)14-25(30)18(21)2/h7-8,17,19,22-25,29-30,32H,2,5-6,9-16H2,1,3-4H3/b20-7+,21-8-/t17-,19+,22-,23-,24?,25+,27-,28-/m1/s1. The highest BCUT2D eigenvalue weighted by Crippen LogP contribution is 2.60. The van der Waals surface area contributed by atoms with Gasteiger partial charge in [-0.05, 0) is 98.5 Å². The number of rotatable bonds is 4. The minimum absolute atomic E-state index is 0.217. The average molecular weight is 459 g/mol. The summed E-state index contributed by atoms with van der Waals surface area (Å²) in [7, 11) is 0. The lowest BCUT2D eigenvalue weighted by Crippen LogP contribution is -2.45. The van der Waals surface area contributed by atoms with E-state index in [0.717, 1.165) is 24.0 Å². The Balaban J connectivity index is 1.46. The van der Waals surface area contributed by atoms with Crippen molar-refractivity contribution >= 4 is 5.97 Å². The molecule has 0 amide bonds. The van der Waals surface area contributed by atoms with Crippen molar-refractivity contribution in [3.63, 3.8) is 0 Å². The third kappa shape index (κ3) is 4.87. The van der Waals surface area contributed by atoms with Gasteiger partial charge in [0.25, 0.3) is 0 Å². The van der Waals surface area contributed by atoms with E-state index in [-0.39, 0.29) is 11.3 Å². The fourth-order valence-electron chi connectivity index (χ4n) is 7.57. The number of cyclic esters (lactones) is 1. The molecule has 5 heteroatoms. The fraction of sp³-hybridized carbons (Fsp3) is 0.750. The SMILES string of the molecule is C=C1/C(=C\C=C2/CCC[C@@]3(C)C2CC[C@@H]3[C@H](C)C[C@@H]2COC(=O)[C@](C)(O)C2)C[C@@H](O)C[C@@H]1O. The second-order valence-corrected chi connectivity index (χ2v) is 11.8. The first-order valence-electron chi connectivity index (χ1n) is 12.9. The number of hydrogen-bond acceptors (Lipinski definition) is 5. The molecule has 4 fully saturated rings. The molecule has 184 valence electrons. The van der Waals surface area contributed by atoms with Gasteiger partial charge in [-0.2, -0.15) is 0 Å². The molecule has 0 bridgehead atoms. The number of aliphatic hydroxyl groups is 3. The lowest BCUT2D eigenvalue weighted by Gasteiger charge is -2.45. The van der Waals surface area contributed by atoms with E-state index in [0.29, 0.717) is 43.6 Å².